The molecule has 0 aliphatic carbocycles. The third-order valence-electron chi connectivity index (χ3n) is 5.48. The number of hydrogen-bond acceptors (Lipinski definition) is 4. The minimum Gasteiger partial charge on any atom is -0.330 e. The van der Waals surface area contributed by atoms with Crippen molar-refractivity contribution in [3.8, 4) is 11.3 Å². The Kier molecular flexibility index (Phi) is 5.98. The molecular weight excluding hydrogens is 430 g/mol. The number of ketones is 1. The molecule has 4 rings (SSSR count). The summed E-state index contributed by atoms with van der Waals surface area (Å²) >= 11 is 1.25. The van der Waals surface area contributed by atoms with Crippen LogP contribution in [0.15, 0.2) is 36.5 Å². The molecule has 0 bridgehead atoms. The van der Waals surface area contributed by atoms with Crippen molar-refractivity contribution in [2.75, 3.05) is 6.54 Å². The first-order valence-electron chi connectivity index (χ1n) is 10.00. The molecular formula is C22H21F4N3OS. The molecule has 1 atom stereocenters. The molecule has 1 unspecified atom stereocenters. The average Bonchev–Trinajstić information content (AvgIpc) is 3.28. The van der Waals surface area contributed by atoms with Crippen molar-refractivity contribution in [1.82, 2.24) is 9.78 Å². The third-order valence-corrected chi connectivity index (χ3v) is 6.71. The first-order valence-corrected chi connectivity index (χ1v) is 10.8. The molecule has 3 aromatic rings. The van der Waals surface area contributed by atoms with Crippen LogP contribution in [-0.2, 0) is 25.6 Å². The fourth-order valence-corrected chi connectivity index (χ4v) is 5.14. The van der Waals surface area contributed by atoms with E-state index in [0.717, 1.165) is 16.6 Å². The molecule has 2 N–H and O–H groups in total. The first kappa shape index (κ1) is 21.7. The number of aromatic nitrogens is 2. The number of thiophene rings is 1. The van der Waals surface area contributed by atoms with E-state index in [-0.39, 0.29) is 36.2 Å². The topological polar surface area (TPSA) is 60.9 Å². The monoisotopic (exact) mass is 451 g/mol. The van der Waals surface area contributed by atoms with Crippen LogP contribution in [0.4, 0.5) is 17.6 Å². The molecule has 4 nitrogen and oxygen atoms in total. The Labute approximate surface area is 180 Å². The molecule has 31 heavy (non-hydrogen) atoms. The van der Waals surface area contributed by atoms with Gasteiger partial charge in [0.1, 0.15) is 11.4 Å². The number of hydrogen-bond donors (Lipinski definition) is 1. The lowest BCUT2D eigenvalue weighted by atomic mass is 9.93. The van der Waals surface area contributed by atoms with Gasteiger partial charge in [-0.2, -0.15) is 18.3 Å². The van der Waals surface area contributed by atoms with Crippen LogP contribution in [0.5, 0.6) is 0 Å². The summed E-state index contributed by atoms with van der Waals surface area (Å²) in [5.41, 5.74) is 6.28. The van der Waals surface area contributed by atoms with Gasteiger partial charge in [0.05, 0.1) is 16.8 Å². The van der Waals surface area contributed by atoms with Crippen LogP contribution < -0.4 is 5.73 Å². The number of fused-ring (bicyclic) bond motifs is 3. The Bertz CT molecular complexity index is 1100. The Balaban J connectivity index is 1.59. The first-order chi connectivity index (χ1) is 14.8. The zero-order chi connectivity index (χ0) is 22.2. The standard InChI is InChI=1S/C22H21F4N3OS/c23-15-4-1-3-13(8-15)7-14(11-27)9-18(30)20-10-16-19(31-20)5-2-6-29-21(16)17(12-28-29)22(24,25)26/h1,3-4,8,10,12,14H,2,5-7,9,11,27H2. The molecule has 0 radical (unpaired) electrons. The lowest BCUT2D eigenvalue weighted by molar-refractivity contribution is -0.137. The van der Waals surface area contributed by atoms with Gasteiger partial charge in [-0.15, -0.1) is 11.3 Å². The van der Waals surface area contributed by atoms with Gasteiger partial charge < -0.3 is 5.73 Å². The zero-order valence-electron chi connectivity index (χ0n) is 16.6. The number of benzene rings is 1. The van der Waals surface area contributed by atoms with E-state index in [9.17, 15) is 22.4 Å². The molecule has 2 aromatic heterocycles. The number of nitrogens with zero attached hydrogens (tertiary/aromatic N) is 2. The number of halogens is 4. The van der Waals surface area contributed by atoms with Gasteiger partial charge in [0.2, 0.25) is 0 Å². The fourth-order valence-electron chi connectivity index (χ4n) is 3.99. The van der Waals surface area contributed by atoms with E-state index in [0.29, 0.717) is 36.2 Å². The van der Waals surface area contributed by atoms with Gasteiger partial charge in [-0.3, -0.25) is 9.48 Å². The minimum absolute atomic E-state index is 0.0328. The molecule has 1 aliphatic rings. The van der Waals surface area contributed by atoms with Crippen molar-refractivity contribution >= 4 is 17.1 Å². The van der Waals surface area contributed by atoms with Crippen molar-refractivity contribution in [2.24, 2.45) is 11.7 Å². The molecule has 9 heteroatoms. The van der Waals surface area contributed by atoms with Gasteiger partial charge in [0.15, 0.2) is 5.78 Å². The van der Waals surface area contributed by atoms with Gasteiger partial charge in [-0.25, -0.2) is 4.39 Å². The lowest BCUT2D eigenvalue weighted by Crippen LogP contribution is -2.20. The van der Waals surface area contributed by atoms with Crippen molar-refractivity contribution in [3.05, 3.63) is 63.2 Å². The second-order valence-electron chi connectivity index (χ2n) is 7.74. The predicted octanol–water partition coefficient (Wildman–Crippen LogP) is 5.11. The predicted molar refractivity (Wildman–Crippen MR) is 110 cm³/mol. The summed E-state index contributed by atoms with van der Waals surface area (Å²) < 4.78 is 55.3. The summed E-state index contributed by atoms with van der Waals surface area (Å²) in [6.45, 7) is 0.650. The van der Waals surface area contributed by atoms with Gasteiger partial charge in [0, 0.05) is 23.4 Å². The number of aryl methyl sites for hydroxylation is 2. The number of carbonyl (C=O) groups is 1. The highest BCUT2D eigenvalue weighted by Gasteiger charge is 2.38. The van der Waals surface area contributed by atoms with E-state index in [1.807, 2.05) is 0 Å². The van der Waals surface area contributed by atoms with Crippen molar-refractivity contribution < 1.29 is 22.4 Å². The van der Waals surface area contributed by atoms with Crippen LogP contribution in [0.2, 0.25) is 0 Å². The fraction of sp³-hybridized carbons (Fsp3) is 0.364. The van der Waals surface area contributed by atoms with Crippen molar-refractivity contribution in [3.63, 3.8) is 0 Å². The maximum absolute atomic E-state index is 13.5. The summed E-state index contributed by atoms with van der Waals surface area (Å²) in [5.74, 6) is -0.698. The zero-order valence-corrected chi connectivity index (χ0v) is 17.4. The number of nitrogens with two attached hydrogens (primary N) is 1. The molecule has 0 spiro atoms. The Morgan fingerprint density at radius 1 is 1.29 bits per heavy atom. The van der Waals surface area contributed by atoms with Crippen LogP contribution in [0.1, 0.15) is 38.5 Å². The van der Waals surface area contributed by atoms with E-state index in [1.165, 1.54) is 28.2 Å². The van der Waals surface area contributed by atoms with Gasteiger partial charge in [-0.1, -0.05) is 12.1 Å². The van der Waals surface area contributed by atoms with Crippen LogP contribution >= 0.6 is 11.3 Å². The molecule has 164 valence electrons. The van der Waals surface area contributed by atoms with E-state index in [1.54, 1.807) is 18.2 Å². The van der Waals surface area contributed by atoms with Crippen molar-refractivity contribution in [1.29, 1.82) is 0 Å². The number of rotatable bonds is 6. The summed E-state index contributed by atoms with van der Waals surface area (Å²) in [5, 5.41) is 3.92. The normalized spacial score (nSPS) is 14.6. The second-order valence-corrected chi connectivity index (χ2v) is 8.88. The maximum atomic E-state index is 13.5. The average molecular weight is 451 g/mol. The molecule has 1 aromatic carbocycles. The number of carbonyl (C=O) groups excluding carboxylic acids is 1. The smallest absolute Gasteiger partial charge is 0.330 e. The van der Waals surface area contributed by atoms with E-state index in [4.69, 9.17) is 5.73 Å². The van der Waals surface area contributed by atoms with Gasteiger partial charge in [-0.05, 0) is 55.5 Å². The molecule has 0 fully saturated rings. The summed E-state index contributed by atoms with van der Waals surface area (Å²) in [6, 6.07) is 7.72. The van der Waals surface area contributed by atoms with Crippen LogP contribution in [0.25, 0.3) is 11.3 Å². The Hall–Kier alpha value is -2.52. The molecule has 3 heterocycles. The largest absolute Gasteiger partial charge is 0.420 e. The van der Waals surface area contributed by atoms with E-state index < -0.39 is 11.7 Å². The Morgan fingerprint density at radius 3 is 2.81 bits per heavy atom. The quantitative estimate of drug-likeness (QED) is 0.419. The maximum Gasteiger partial charge on any atom is 0.420 e. The molecule has 0 saturated heterocycles. The SMILES string of the molecule is NCC(CC(=O)c1cc2c(s1)CCCn1ncc(C(F)(F)F)c1-2)Cc1cccc(F)c1. The number of Topliss-reactive ketones (excluding diaryl/α,β-unsaturated/α-hetero) is 1. The summed E-state index contributed by atoms with van der Waals surface area (Å²) in [6.07, 6.45) is -1.81. The summed E-state index contributed by atoms with van der Waals surface area (Å²) in [7, 11) is 0. The van der Waals surface area contributed by atoms with Crippen LogP contribution in [0, 0.1) is 11.7 Å². The molecule has 0 amide bonds. The van der Waals surface area contributed by atoms with E-state index >= 15 is 0 Å². The van der Waals surface area contributed by atoms with Gasteiger partial charge >= 0.3 is 6.18 Å². The summed E-state index contributed by atoms with van der Waals surface area (Å²) in [4.78, 5) is 14.1. The lowest BCUT2D eigenvalue weighted by Gasteiger charge is -2.13. The highest BCUT2D eigenvalue weighted by molar-refractivity contribution is 7.14. The highest BCUT2D eigenvalue weighted by Crippen LogP contribution is 2.42. The van der Waals surface area contributed by atoms with Crippen LogP contribution in [0.3, 0.4) is 0 Å². The van der Waals surface area contributed by atoms with E-state index in [2.05, 4.69) is 5.10 Å². The second kappa shape index (κ2) is 8.55. The van der Waals surface area contributed by atoms with Gasteiger partial charge in [0.25, 0.3) is 0 Å². The Morgan fingerprint density at radius 2 is 2.10 bits per heavy atom. The molecule has 0 saturated carbocycles. The molecule has 1 aliphatic heterocycles. The minimum atomic E-state index is -4.52. The third kappa shape index (κ3) is 4.57. The van der Waals surface area contributed by atoms with Crippen LogP contribution in [-0.4, -0.2) is 22.1 Å². The number of alkyl halides is 3. The highest BCUT2D eigenvalue weighted by atomic mass is 32.1. The van der Waals surface area contributed by atoms with Crippen molar-refractivity contribution in [2.45, 2.75) is 38.4 Å².